The Kier molecular flexibility index (Phi) is 7.59. The van der Waals surface area contributed by atoms with Crippen molar-refractivity contribution in [3.8, 4) is 11.5 Å². The van der Waals surface area contributed by atoms with Crippen LogP contribution in [-0.4, -0.2) is 23.3 Å². The number of ether oxygens (including phenoxy) is 1. The van der Waals surface area contributed by atoms with Crippen LogP contribution in [0.3, 0.4) is 0 Å². The standard InChI is InChI=1S/C8H10O2.C6H12O2/c1-6-3-4-7(9)8(5-6)10-2;1-3-5(2)4-6(7)8/h3-5,9H,1-2H3;5H,3-4H2,1-2H3,(H,7,8). The summed E-state index contributed by atoms with van der Waals surface area (Å²) in [6, 6.07) is 5.24. The lowest BCUT2D eigenvalue weighted by Crippen LogP contribution is -2.02. The average molecular weight is 254 g/mol. The summed E-state index contributed by atoms with van der Waals surface area (Å²) in [5.74, 6) is 0.347. The van der Waals surface area contributed by atoms with E-state index in [-0.39, 0.29) is 5.75 Å². The fourth-order valence-corrected chi connectivity index (χ4v) is 1.23. The molecule has 1 aromatic rings. The number of carboxylic acid groups (broad SMARTS) is 1. The number of hydrogen-bond acceptors (Lipinski definition) is 3. The number of phenols is 1. The van der Waals surface area contributed by atoms with Crippen LogP contribution in [0.1, 0.15) is 32.3 Å². The van der Waals surface area contributed by atoms with Gasteiger partial charge in [-0.05, 0) is 30.5 Å². The number of aryl methyl sites for hydroxylation is 1. The number of aliphatic carboxylic acids is 1. The molecule has 1 aromatic carbocycles. The maximum Gasteiger partial charge on any atom is 0.303 e. The molecule has 102 valence electrons. The molecule has 1 unspecified atom stereocenters. The highest BCUT2D eigenvalue weighted by Crippen LogP contribution is 2.25. The van der Waals surface area contributed by atoms with Crippen molar-refractivity contribution in [3.05, 3.63) is 23.8 Å². The summed E-state index contributed by atoms with van der Waals surface area (Å²) in [4.78, 5) is 9.97. The second kappa shape index (κ2) is 8.39. The zero-order valence-corrected chi connectivity index (χ0v) is 11.4. The van der Waals surface area contributed by atoms with Crippen LogP contribution in [0.25, 0.3) is 0 Å². The number of aromatic hydroxyl groups is 1. The van der Waals surface area contributed by atoms with Crippen molar-refractivity contribution in [1.29, 1.82) is 0 Å². The third kappa shape index (κ3) is 6.78. The van der Waals surface area contributed by atoms with Gasteiger partial charge in [0.05, 0.1) is 7.11 Å². The molecule has 4 heteroatoms. The monoisotopic (exact) mass is 254 g/mol. The molecule has 0 fully saturated rings. The summed E-state index contributed by atoms with van der Waals surface area (Å²) >= 11 is 0. The van der Waals surface area contributed by atoms with Gasteiger partial charge < -0.3 is 14.9 Å². The van der Waals surface area contributed by atoms with Crippen molar-refractivity contribution in [2.45, 2.75) is 33.6 Å². The molecule has 0 spiro atoms. The summed E-state index contributed by atoms with van der Waals surface area (Å²) < 4.78 is 4.88. The number of carboxylic acids is 1. The second-order valence-corrected chi connectivity index (χ2v) is 4.29. The Morgan fingerprint density at radius 3 is 2.39 bits per heavy atom. The molecule has 4 nitrogen and oxygen atoms in total. The van der Waals surface area contributed by atoms with E-state index in [1.54, 1.807) is 12.1 Å². The van der Waals surface area contributed by atoms with Crippen molar-refractivity contribution in [2.75, 3.05) is 7.11 Å². The highest BCUT2D eigenvalue weighted by Gasteiger charge is 2.02. The summed E-state index contributed by atoms with van der Waals surface area (Å²) in [5.41, 5.74) is 1.08. The quantitative estimate of drug-likeness (QED) is 0.865. The second-order valence-electron chi connectivity index (χ2n) is 4.29. The lowest BCUT2D eigenvalue weighted by Gasteiger charge is -2.02. The largest absolute Gasteiger partial charge is 0.504 e. The number of carbonyl (C=O) groups is 1. The molecule has 1 rings (SSSR count). The van der Waals surface area contributed by atoms with Crippen LogP contribution < -0.4 is 4.74 Å². The van der Waals surface area contributed by atoms with Crippen LogP contribution in [0.15, 0.2) is 18.2 Å². The zero-order valence-electron chi connectivity index (χ0n) is 11.4. The minimum Gasteiger partial charge on any atom is -0.504 e. The first-order chi connectivity index (χ1) is 8.40. The van der Waals surface area contributed by atoms with Gasteiger partial charge in [0.25, 0.3) is 0 Å². The molecule has 0 aliphatic carbocycles. The Morgan fingerprint density at radius 2 is 2.06 bits per heavy atom. The van der Waals surface area contributed by atoms with Gasteiger partial charge >= 0.3 is 5.97 Å². The first kappa shape index (κ1) is 16.3. The lowest BCUT2D eigenvalue weighted by atomic mass is 10.1. The fraction of sp³-hybridized carbons (Fsp3) is 0.500. The molecule has 0 saturated carbocycles. The van der Waals surface area contributed by atoms with Crippen LogP contribution in [0, 0.1) is 12.8 Å². The van der Waals surface area contributed by atoms with E-state index in [1.165, 1.54) is 7.11 Å². The SMILES string of the molecule is CCC(C)CC(=O)O.COc1cc(C)ccc1O. The van der Waals surface area contributed by atoms with Crippen LogP contribution in [0.2, 0.25) is 0 Å². The van der Waals surface area contributed by atoms with Crippen molar-refractivity contribution >= 4 is 5.97 Å². The summed E-state index contributed by atoms with van der Waals surface area (Å²) in [6.45, 7) is 5.88. The minimum absolute atomic E-state index is 0.188. The van der Waals surface area contributed by atoms with Gasteiger partial charge in [-0.25, -0.2) is 0 Å². The molecule has 0 aromatic heterocycles. The Balaban J connectivity index is 0.000000331. The summed E-state index contributed by atoms with van der Waals surface area (Å²) in [6.07, 6.45) is 1.25. The van der Waals surface area contributed by atoms with Crippen molar-refractivity contribution < 1.29 is 19.7 Å². The molecule has 18 heavy (non-hydrogen) atoms. The number of rotatable bonds is 4. The Labute approximate surface area is 108 Å². The van der Waals surface area contributed by atoms with E-state index in [1.807, 2.05) is 26.8 Å². The van der Waals surface area contributed by atoms with Gasteiger partial charge in [0.1, 0.15) is 0 Å². The Morgan fingerprint density at radius 1 is 1.44 bits per heavy atom. The molecule has 0 amide bonds. The van der Waals surface area contributed by atoms with E-state index in [2.05, 4.69) is 0 Å². The molecule has 0 heterocycles. The van der Waals surface area contributed by atoms with Gasteiger partial charge in [-0.15, -0.1) is 0 Å². The number of phenolic OH excluding ortho intramolecular Hbond substituents is 1. The summed E-state index contributed by atoms with van der Waals surface area (Å²) in [5, 5.41) is 17.3. The van der Waals surface area contributed by atoms with Crippen LogP contribution >= 0.6 is 0 Å². The first-order valence-electron chi connectivity index (χ1n) is 5.96. The van der Waals surface area contributed by atoms with Gasteiger partial charge in [0.2, 0.25) is 0 Å². The highest BCUT2D eigenvalue weighted by atomic mass is 16.5. The van der Waals surface area contributed by atoms with Crippen molar-refractivity contribution in [2.24, 2.45) is 5.92 Å². The maximum atomic E-state index is 9.97. The van der Waals surface area contributed by atoms with Gasteiger partial charge in [0.15, 0.2) is 11.5 Å². The summed E-state index contributed by atoms with van der Waals surface area (Å²) in [7, 11) is 1.54. The third-order valence-electron chi connectivity index (χ3n) is 2.56. The van der Waals surface area contributed by atoms with Gasteiger partial charge in [-0.3, -0.25) is 4.79 Å². The highest BCUT2D eigenvalue weighted by molar-refractivity contribution is 5.66. The first-order valence-corrected chi connectivity index (χ1v) is 5.96. The van der Waals surface area contributed by atoms with Gasteiger partial charge in [0, 0.05) is 6.42 Å². The smallest absolute Gasteiger partial charge is 0.303 e. The molecular formula is C14H22O4. The van der Waals surface area contributed by atoms with E-state index < -0.39 is 5.97 Å². The molecule has 0 saturated heterocycles. The van der Waals surface area contributed by atoms with E-state index >= 15 is 0 Å². The van der Waals surface area contributed by atoms with Gasteiger partial charge in [-0.2, -0.15) is 0 Å². The molecule has 0 aliphatic rings. The molecule has 0 radical (unpaired) electrons. The number of benzene rings is 1. The normalized spacial score (nSPS) is 11.1. The zero-order chi connectivity index (χ0) is 14.1. The molecular weight excluding hydrogens is 232 g/mol. The predicted molar refractivity (Wildman–Crippen MR) is 71.1 cm³/mol. The number of hydrogen-bond donors (Lipinski definition) is 2. The topological polar surface area (TPSA) is 66.8 Å². The Hall–Kier alpha value is -1.71. The lowest BCUT2D eigenvalue weighted by molar-refractivity contribution is -0.137. The van der Waals surface area contributed by atoms with E-state index in [0.29, 0.717) is 18.1 Å². The maximum absolute atomic E-state index is 9.97. The van der Waals surface area contributed by atoms with E-state index in [0.717, 1.165) is 12.0 Å². The van der Waals surface area contributed by atoms with Crippen molar-refractivity contribution in [1.82, 2.24) is 0 Å². The Bertz CT molecular complexity index is 374. The van der Waals surface area contributed by atoms with Crippen LogP contribution in [0.5, 0.6) is 11.5 Å². The molecule has 0 aliphatic heterocycles. The van der Waals surface area contributed by atoms with E-state index in [4.69, 9.17) is 14.9 Å². The van der Waals surface area contributed by atoms with Crippen LogP contribution in [-0.2, 0) is 4.79 Å². The molecule has 1 atom stereocenters. The van der Waals surface area contributed by atoms with Crippen molar-refractivity contribution in [3.63, 3.8) is 0 Å². The predicted octanol–water partition coefficient (Wildman–Crippen LogP) is 3.22. The fourth-order valence-electron chi connectivity index (χ4n) is 1.23. The number of methoxy groups -OCH3 is 1. The molecule has 0 bridgehead atoms. The molecule has 2 N–H and O–H groups in total. The van der Waals surface area contributed by atoms with Crippen LogP contribution in [0.4, 0.5) is 0 Å². The third-order valence-corrected chi connectivity index (χ3v) is 2.56. The van der Waals surface area contributed by atoms with Gasteiger partial charge in [-0.1, -0.05) is 26.3 Å². The minimum atomic E-state index is -0.695. The van der Waals surface area contributed by atoms with E-state index in [9.17, 15) is 4.79 Å². The average Bonchev–Trinajstić information content (AvgIpc) is 2.32.